The van der Waals surface area contributed by atoms with Crippen molar-refractivity contribution in [3.05, 3.63) is 28.5 Å². The van der Waals surface area contributed by atoms with Gasteiger partial charge in [-0.15, -0.1) is 0 Å². The Morgan fingerprint density at radius 1 is 1.56 bits per heavy atom. The van der Waals surface area contributed by atoms with E-state index in [0.29, 0.717) is 16.3 Å². The zero-order chi connectivity index (χ0) is 13.7. The smallest absolute Gasteiger partial charge is 0.308 e. The lowest BCUT2D eigenvalue weighted by Gasteiger charge is -2.18. The molecule has 0 aliphatic heterocycles. The Labute approximate surface area is 110 Å². The summed E-state index contributed by atoms with van der Waals surface area (Å²) in [6, 6.07) is 1.63. The first kappa shape index (κ1) is 14.9. The summed E-state index contributed by atoms with van der Waals surface area (Å²) in [5.41, 5.74) is 0.953. The minimum absolute atomic E-state index is 0.236. The van der Waals surface area contributed by atoms with Crippen LogP contribution in [0, 0.1) is 6.92 Å². The summed E-state index contributed by atoms with van der Waals surface area (Å²) in [6.45, 7) is 3.62. The quantitative estimate of drug-likeness (QED) is 0.793. The number of carbonyl (C=O) groups is 1. The van der Waals surface area contributed by atoms with Crippen molar-refractivity contribution < 1.29 is 19.7 Å². The number of aryl methyl sites for hydroxylation is 1. The van der Waals surface area contributed by atoms with Crippen molar-refractivity contribution in [1.82, 2.24) is 4.98 Å². The van der Waals surface area contributed by atoms with E-state index in [2.05, 4.69) is 4.98 Å². The van der Waals surface area contributed by atoms with Crippen LogP contribution in [0.1, 0.15) is 30.7 Å². The zero-order valence-electron chi connectivity index (χ0n) is 10.3. The van der Waals surface area contributed by atoms with E-state index in [1.165, 1.54) is 6.20 Å². The highest BCUT2D eigenvalue weighted by atomic mass is 35.5. The zero-order valence-corrected chi connectivity index (χ0v) is 11.0. The largest absolute Gasteiger partial charge is 0.466 e. The Kier molecular flexibility index (Phi) is 5.53. The van der Waals surface area contributed by atoms with E-state index < -0.39 is 18.2 Å². The van der Waals surface area contributed by atoms with Gasteiger partial charge in [0.15, 0.2) is 0 Å². The lowest BCUT2D eigenvalue weighted by molar-refractivity contribution is -0.147. The van der Waals surface area contributed by atoms with Crippen molar-refractivity contribution in [3.63, 3.8) is 0 Å². The Morgan fingerprint density at radius 3 is 2.78 bits per heavy atom. The summed E-state index contributed by atoms with van der Waals surface area (Å²) < 4.78 is 4.70. The van der Waals surface area contributed by atoms with Crippen LogP contribution < -0.4 is 0 Å². The van der Waals surface area contributed by atoms with Crippen molar-refractivity contribution in [3.8, 4) is 0 Å². The second-order valence-electron chi connectivity index (χ2n) is 3.88. The molecule has 2 unspecified atom stereocenters. The number of hydrogen-bond donors (Lipinski definition) is 2. The van der Waals surface area contributed by atoms with E-state index in [1.807, 2.05) is 0 Å². The van der Waals surface area contributed by atoms with Gasteiger partial charge in [0.1, 0.15) is 6.10 Å². The lowest BCUT2D eigenvalue weighted by atomic mass is 10.0. The molecular formula is C12H16ClNO4. The minimum Gasteiger partial charge on any atom is -0.466 e. The van der Waals surface area contributed by atoms with Crippen LogP contribution in [0.5, 0.6) is 0 Å². The van der Waals surface area contributed by atoms with E-state index >= 15 is 0 Å². The van der Waals surface area contributed by atoms with E-state index in [9.17, 15) is 15.0 Å². The van der Waals surface area contributed by atoms with Crippen LogP contribution in [0.3, 0.4) is 0 Å². The SMILES string of the molecule is CCOC(=O)CC(O)C(O)c1ncc(Cl)cc1C. The fourth-order valence-electron chi connectivity index (χ4n) is 1.55. The molecular weight excluding hydrogens is 258 g/mol. The van der Waals surface area contributed by atoms with Crippen LogP contribution >= 0.6 is 11.6 Å². The molecule has 0 saturated carbocycles. The van der Waals surface area contributed by atoms with Gasteiger partial charge in [-0.3, -0.25) is 9.78 Å². The van der Waals surface area contributed by atoms with E-state index in [4.69, 9.17) is 16.3 Å². The monoisotopic (exact) mass is 273 g/mol. The molecule has 18 heavy (non-hydrogen) atoms. The first-order valence-electron chi connectivity index (χ1n) is 5.59. The number of aromatic nitrogens is 1. The van der Waals surface area contributed by atoms with Crippen molar-refractivity contribution in [2.24, 2.45) is 0 Å². The van der Waals surface area contributed by atoms with Crippen molar-refractivity contribution in [2.75, 3.05) is 6.61 Å². The molecule has 0 radical (unpaired) electrons. The van der Waals surface area contributed by atoms with E-state index in [0.717, 1.165) is 0 Å². The fourth-order valence-corrected chi connectivity index (χ4v) is 1.76. The highest BCUT2D eigenvalue weighted by Gasteiger charge is 2.24. The number of ether oxygens (including phenoxy) is 1. The van der Waals surface area contributed by atoms with Gasteiger partial charge in [-0.2, -0.15) is 0 Å². The number of pyridine rings is 1. The molecule has 2 N–H and O–H groups in total. The van der Waals surface area contributed by atoms with Gasteiger partial charge in [-0.1, -0.05) is 11.6 Å². The Hall–Kier alpha value is -1.17. The summed E-state index contributed by atoms with van der Waals surface area (Å²) in [6.07, 6.45) is -1.40. The molecule has 0 bridgehead atoms. The summed E-state index contributed by atoms with van der Waals surface area (Å²) in [5, 5.41) is 20.1. The van der Waals surface area contributed by atoms with Crippen LogP contribution in [0.15, 0.2) is 12.3 Å². The number of aliphatic hydroxyl groups is 2. The molecule has 1 heterocycles. The number of carbonyl (C=O) groups excluding carboxylic acids is 1. The highest BCUT2D eigenvalue weighted by molar-refractivity contribution is 6.30. The maximum Gasteiger partial charge on any atom is 0.308 e. The summed E-state index contributed by atoms with van der Waals surface area (Å²) in [7, 11) is 0. The highest BCUT2D eigenvalue weighted by Crippen LogP contribution is 2.22. The van der Waals surface area contributed by atoms with Crippen molar-refractivity contribution >= 4 is 17.6 Å². The summed E-state index contributed by atoms with van der Waals surface area (Å²) >= 11 is 5.75. The van der Waals surface area contributed by atoms with Crippen LogP contribution in [0.25, 0.3) is 0 Å². The molecule has 1 aromatic heterocycles. The standard InChI is InChI=1S/C12H16ClNO4/c1-3-18-10(16)5-9(15)12(17)11-7(2)4-8(13)6-14-11/h4,6,9,12,15,17H,3,5H2,1-2H3. The van der Waals surface area contributed by atoms with Gasteiger partial charge in [0.2, 0.25) is 0 Å². The topological polar surface area (TPSA) is 79.7 Å². The van der Waals surface area contributed by atoms with Crippen molar-refractivity contribution in [1.29, 1.82) is 0 Å². The van der Waals surface area contributed by atoms with E-state index in [1.54, 1.807) is 19.9 Å². The normalized spacial score (nSPS) is 14.1. The minimum atomic E-state index is -1.25. The molecule has 0 aliphatic carbocycles. The summed E-state index contributed by atoms with van der Waals surface area (Å²) in [4.78, 5) is 15.2. The molecule has 1 rings (SSSR count). The number of aliphatic hydroxyl groups excluding tert-OH is 2. The first-order valence-corrected chi connectivity index (χ1v) is 5.97. The summed E-state index contributed by atoms with van der Waals surface area (Å²) in [5.74, 6) is -0.560. The van der Waals surface area contributed by atoms with Gasteiger partial charge in [0.05, 0.1) is 29.8 Å². The molecule has 0 spiro atoms. The second kappa shape index (κ2) is 6.68. The lowest BCUT2D eigenvalue weighted by Crippen LogP contribution is -2.24. The molecule has 6 heteroatoms. The molecule has 0 saturated heterocycles. The van der Waals surface area contributed by atoms with Crippen LogP contribution in [0.4, 0.5) is 0 Å². The van der Waals surface area contributed by atoms with Gasteiger partial charge < -0.3 is 14.9 Å². The number of esters is 1. The fraction of sp³-hybridized carbons (Fsp3) is 0.500. The molecule has 0 amide bonds. The Balaban J connectivity index is 2.73. The van der Waals surface area contributed by atoms with Gasteiger partial charge in [-0.25, -0.2) is 0 Å². The molecule has 0 aromatic carbocycles. The third kappa shape index (κ3) is 3.94. The average Bonchev–Trinajstić information content (AvgIpc) is 2.28. The van der Waals surface area contributed by atoms with Crippen molar-refractivity contribution in [2.45, 2.75) is 32.5 Å². The number of rotatable bonds is 5. The predicted octanol–water partition coefficient (Wildman–Crippen LogP) is 1.39. The second-order valence-corrected chi connectivity index (χ2v) is 4.31. The molecule has 1 aromatic rings. The molecule has 0 aliphatic rings. The maximum atomic E-state index is 11.2. The predicted molar refractivity (Wildman–Crippen MR) is 66.2 cm³/mol. The van der Waals surface area contributed by atoms with Gasteiger partial charge in [-0.05, 0) is 25.5 Å². The number of hydrogen-bond acceptors (Lipinski definition) is 5. The Morgan fingerprint density at radius 2 is 2.22 bits per heavy atom. The van der Waals surface area contributed by atoms with Crippen LogP contribution in [-0.4, -0.2) is 33.9 Å². The molecule has 100 valence electrons. The third-order valence-corrected chi connectivity index (χ3v) is 2.62. The molecule has 2 atom stereocenters. The maximum absolute atomic E-state index is 11.2. The molecule has 0 fully saturated rings. The van der Waals surface area contributed by atoms with Crippen LogP contribution in [0.2, 0.25) is 5.02 Å². The van der Waals surface area contributed by atoms with E-state index in [-0.39, 0.29) is 13.0 Å². The van der Waals surface area contributed by atoms with Gasteiger partial charge >= 0.3 is 5.97 Å². The number of halogens is 1. The molecule has 5 nitrogen and oxygen atoms in total. The third-order valence-electron chi connectivity index (χ3n) is 2.41. The number of nitrogens with zero attached hydrogens (tertiary/aromatic N) is 1. The average molecular weight is 274 g/mol. The van der Waals surface area contributed by atoms with Gasteiger partial charge in [0.25, 0.3) is 0 Å². The van der Waals surface area contributed by atoms with Gasteiger partial charge in [0, 0.05) is 6.20 Å². The first-order chi connectivity index (χ1) is 8.45. The Bertz CT molecular complexity index is 425. The van der Waals surface area contributed by atoms with Crippen LogP contribution in [-0.2, 0) is 9.53 Å².